The van der Waals surface area contributed by atoms with E-state index in [-0.39, 0.29) is 0 Å². The fourth-order valence-electron chi connectivity index (χ4n) is 0. The Bertz CT molecular complexity index is 111. The van der Waals surface area contributed by atoms with Crippen molar-refractivity contribution in [3.63, 3.8) is 0 Å². The Morgan fingerprint density at radius 2 is 1.22 bits per heavy atom. The summed E-state index contributed by atoms with van der Waals surface area (Å²) in [5.74, 6) is 0. The predicted molar refractivity (Wildman–Crippen MR) is 21.9 cm³/mol. The standard InChI is InChI=1S/H3O3PS.HO3P/c1-4(2,3)5;1-4(2)3/h(H3,1,2,3,5);(H,1,2,3)/p-4. The molecule has 0 aliphatic heterocycles. The Balaban J connectivity index is 0. The maximum Gasteiger partial charge on any atom is 0.276 e. The molecule has 9 heavy (non-hydrogen) atoms. The molecule has 0 spiro atoms. The molecule has 9 heteroatoms. The third kappa shape index (κ3) is 1210. The van der Waals surface area contributed by atoms with E-state index < -0.39 is 15.0 Å². The quantitative estimate of drug-likeness (QED) is 0.352. The molecule has 56 valence electrons. The van der Waals surface area contributed by atoms with Crippen molar-refractivity contribution in [2.24, 2.45) is 0 Å². The van der Waals surface area contributed by atoms with Crippen molar-refractivity contribution in [3.8, 4) is 0 Å². The zero-order valence-corrected chi connectivity index (χ0v) is 6.36. The fraction of sp³-hybridized carbons (Fsp3) is 0. The molecule has 0 saturated heterocycles. The Hall–Kier alpha value is 0.550. The van der Waals surface area contributed by atoms with Crippen molar-refractivity contribution in [3.05, 3.63) is 0 Å². The van der Waals surface area contributed by atoms with Gasteiger partial charge < -0.3 is 31.2 Å². The zero-order valence-electron chi connectivity index (χ0n) is 3.75. The van der Waals surface area contributed by atoms with Crippen LogP contribution in [-0.4, -0.2) is 0 Å². The molecule has 0 saturated carbocycles. The Labute approximate surface area is 56.6 Å². The molecule has 0 amide bonds. The van der Waals surface area contributed by atoms with Crippen LogP contribution in [0.5, 0.6) is 0 Å². The summed E-state index contributed by atoms with van der Waals surface area (Å²) in [4.78, 5) is 43.7. The molecule has 0 radical (unpaired) electrons. The third-order valence-corrected chi connectivity index (χ3v) is 0. The summed E-state index contributed by atoms with van der Waals surface area (Å²) in [5.41, 5.74) is 0. The van der Waals surface area contributed by atoms with E-state index in [0.717, 1.165) is 0 Å². The van der Waals surface area contributed by atoms with Gasteiger partial charge in [0.15, 0.2) is 0 Å². The first-order valence-electron chi connectivity index (χ1n) is 1.28. The molecule has 0 rings (SSSR count). The first-order valence-corrected chi connectivity index (χ1v) is 4.93. The van der Waals surface area contributed by atoms with Gasteiger partial charge in [0, 0.05) is 0 Å². The van der Waals surface area contributed by atoms with E-state index in [4.69, 9.17) is 29.0 Å². The highest BCUT2D eigenvalue weighted by Crippen LogP contribution is 2.04. The highest BCUT2D eigenvalue weighted by atomic mass is 32.5. The predicted octanol–water partition coefficient (Wildman–Crippen LogP) is -4.34. The summed E-state index contributed by atoms with van der Waals surface area (Å²) in [6.45, 7) is -4.56. The normalized spacial score (nSPS) is 9.44. The molecule has 0 bridgehead atoms. The van der Waals surface area contributed by atoms with Crippen LogP contribution < -0.4 is 24.5 Å². The number of hydrogen-bond donors (Lipinski definition) is 0. The van der Waals surface area contributed by atoms with E-state index in [1.165, 1.54) is 0 Å². The van der Waals surface area contributed by atoms with Crippen molar-refractivity contribution in [2.45, 2.75) is 0 Å². The highest BCUT2D eigenvalue weighted by molar-refractivity contribution is 8.04. The van der Waals surface area contributed by atoms with E-state index >= 15 is 0 Å². The molecule has 0 fully saturated rings. The van der Waals surface area contributed by atoms with Crippen molar-refractivity contribution >= 4 is 26.8 Å². The summed E-state index contributed by atoms with van der Waals surface area (Å²) in [6.07, 6.45) is 0. The van der Waals surface area contributed by atoms with Crippen molar-refractivity contribution in [1.82, 2.24) is 0 Å². The molecule has 0 atom stereocenters. The smallest absolute Gasteiger partial charge is 0.276 e. The molecular weight excluding hydrogens is 190 g/mol. The van der Waals surface area contributed by atoms with Gasteiger partial charge in [0.25, 0.3) is 8.25 Å². The van der Waals surface area contributed by atoms with Crippen molar-refractivity contribution < 1.29 is 29.0 Å². The lowest BCUT2D eigenvalue weighted by atomic mass is 15.8. The monoisotopic (exact) mass is 190 g/mol. The first-order chi connectivity index (χ1) is 3.73. The lowest BCUT2D eigenvalue weighted by Gasteiger charge is -2.43. The minimum absolute atomic E-state index is 3.27. The second kappa shape index (κ2) is 5.34. The first kappa shape index (κ1) is 12.2. The van der Waals surface area contributed by atoms with Crippen LogP contribution in [0.25, 0.3) is 0 Å². The Kier molecular flexibility index (Phi) is 7.27. The van der Waals surface area contributed by atoms with Crippen LogP contribution in [-0.2, 0) is 16.4 Å². The molecular formula is O6P2S-4. The van der Waals surface area contributed by atoms with Crippen LogP contribution >= 0.6 is 15.0 Å². The summed E-state index contributed by atoms with van der Waals surface area (Å²) >= 11 is 3.27. The molecule has 6 nitrogen and oxygen atoms in total. The van der Waals surface area contributed by atoms with Crippen LogP contribution in [0.15, 0.2) is 0 Å². The van der Waals surface area contributed by atoms with E-state index in [1.54, 1.807) is 0 Å². The van der Waals surface area contributed by atoms with E-state index in [9.17, 15) is 0 Å². The van der Waals surface area contributed by atoms with Gasteiger partial charge in [-0.05, 0) is 0 Å². The van der Waals surface area contributed by atoms with Crippen LogP contribution in [0.4, 0.5) is 0 Å². The summed E-state index contributed by atoms with van der Waals surface area (Å²) in [7, 11) is -3.37. The maximum atomic E-state index is 8.92. The Morgan fingerprint density at radius 3 is 1.22 bits per heavy atom. The van der Waals surface area contributed by atoms with Gasteiger partial charge in [0.2, 0.25) is 0 Å². The maximum absolute atomic E-state index is 8.92. The number of hydrogen-bond acceptors (Lipinski definition) is 7. The topological polar surface area (TPSA) is 132 Å². The van der Waals surface area contributed by atoms with Crippen LogP contribution in [0, 0.1) is 0 Å². The second-order valence-electron chi connectivity index (χ2n) is 0.671. The summed E-state index contributed by atoms with van der Waals surface area (Å²) in [6, 6.07) is 0. The van der Waals surface area contributed by atoms with Crippen molar-refractivity contribution in [2.75, 3.05) is 0 Å². The van der Waals surface area contributed by atoms with Gasteiger partial charge in [0.1, 0.15) is 0 Å². The molecule has 0 unspecified atom stereocenters. The SMILES string of the molecule is O=[P+]([O-])[O-].[O-]P([O-])([O-])=S. The molecule has 0 heterocycles. The summed E-state index contributed by atoms with van der Waals surface area (Å²) in [5, 5.41) is 0. The summed E-state index contributed by atoms with van der Waals surface area (Å²) < 4.78 is 8.48. The van der Waals surface area contributed by atoms with Crippen molar-refractivity contribution in [1.29, 1.82) is 0 Å². The molecule has 0 aromatic carbocycles. The molecule has 0 aromatic heterocycles. The van der Waals surface area contributed by atoms with Gasteiger partial charge in [-0.2, -0.15) is 11.8 Å². The largest absolute Gasteiger partial charge is 0.844 e. The lowest BCUT2D eigenvalue weighted by molar-refractivity contribution is -0.411. The molecule has 0 aliphatic rings. The van der Waals surface area contributed by atoms with Gasteiger partial charge in [0.05, 0.1) is 0 Å². The van der Waals surface area contributed by atoms with Gasteiger partial charge in [-0.25, -0.2) is 0 Å². The van der Waals surface area contributed by atoms with E-state index in [1.807, 2.05) is 0 Å². The van der Waals surface area contributed by atoms with Gasteiger partial charge in [-0.1, -0.05) is 4.57 Å². The van der Waals surface area contributed by atoms with Crippen LogP contribution in [0.1, 0.15) is 0 Å². The zero-order chi connectivity index (χ0) is 8.08. The minimum atomic E-state index is -4.56. The van der Waals surface area contributed by atoms with Gasteiger partial charge in [-0.3, -0.25) is 0 Å². The fourth-order valence-corrected chi connectivity index (χ4v) is 0. The molecule has 0 aliphatic carbocycles. The Morgan fingerprint density at radius 1 is 1.22 bits per heavy atom. The third-order valence-electron chi connectivity index (χ3n) is 0. The average Bonchev–Trinajstić information content (AvgIpc) is 1.19. The number of rotatable bonds is 0. The molecule has 0 aromatic rings. The van der Waals surface area contributed by atoms with Gasteiger partial charge >= 0.3 is 0 Å². The average molecular weight is 190 g/mol. The second-order valence-corrected chi connectivity index (χ2v) is 3.35. The molecule has 0 N–H and O–H groups in total. The minimum Gasteiger partial charge on any atom is -0.844 e. The van der Waals surface area contributed by atoms with E-state index in [0.29, 0.717) is 0 Å². The highest BCUT2D eigenvalue weighted by Gasteiger charge is 1.53. The van der Waals surface area contributed by atoms with Crippen LogP contribution in [0.3, 0.4) is 0 Å². The van der Waals surface area contributed by atoms with E-state index in [2.05, 4.69) is 11.8 Å². The lowest BCUT2D eigenvalue weighted by Crippen LogP contribution is -2.23. The van der Waals surface area contributed by atoms with Crippen LogP contribution in [0.2, 0.25) is 0 Å². The van der Waals surface area contributed by atoms with Gasteiger partial charge in [-0.15, -0.1) is 0 Å².